The zero-order valence-corrected chi connectivity index (χ0v) is 13.9. The topological polar surface area (TPSA) is 50.7 Å². The van der Waals surface area contributed by atoms with Gasteiger partial charge in [-0.05, 0) is 48.1 Å². The molecule has 0 unspecified atom stereocenters. The maximum absolute atomic E-state index is 13.8. The molecule has 2 heterocycles. The molecule has 24 heavy (non-hydrogen) atoms. The molecule has 3 aromatic rings. The first-order chi connectivity index (χ1) is 11.2. The number of H-pyrrole nitrogens is 1. The number of nitrogens with one attached hydrogen (secondary N) is 1. The predicted molar refractivity (Wildman–Crippen MR) is 88.9 cm³/mol. The second-order valence-electron chi connectivity index (χ2n) is 6.94. The summed E-state index contributed by atoms with van der Waals surface area (Å²) in [6.45, 7) is 4.05. The molecule has 2 aromatic heterocycles. The summed E-state index contributed by atoms with van der Waals surface area (Å²) in [4.78, 5) is 17.7. The van der Waals surface area contributed by atoms with E-state index in [4.69, 9.17) is 0 Å². The van der Waals surface area contributed by atoms with E-state index >= 15 is 0 Å². The largest absolute Gasteiger partial charge is 0.326 e. The summed E-state index contributed by atoms with van der Waals surface area (Å²) in [5.74, 6) is -1.57. The van der Waals surface area contributed by atoms with Gasteiger partial charge in [0.2, 0.25) is 11.9 Å². The summed E-state index contributed by atoms with van der Waals surface area (Å²) in [5, 5.41) is 0. The van der Waals surface area contributed by atoms with E-state index in [2.05, 4.69) is 9.97 Å². The van der Waals surface area contributed by atoms with Gasteiger partial charge >= 0.3 is 5.69 Å². The molecule has 0 spiro atoms. The minimum absolute atomic E-state index is 0.152. The lowest BCUT2D eigenvalue weighted by atomic mass is 9.80. The van der Waals surface area contributed by atoms with Gasteiger partial charge < -0.3 is 4.98 Å². The van der Waals surface area contributed by atoms with Gasteiger partial charge in [-0.25, -0.2) is 4.79 Å². The van der Waals surface area contributed by atoms with Crippen LogP contribution in [-0.4, -0.2) is 14.5 Å². The van der Waals surface area contributed by atoms with Crippen LogP contribution in [0, 0.1) is 17.3 Å². The van der Waals surface area contributed by atoms with E-state index in [0.29, 0.717) is 18.4 Å². The predicted octanol–water partition coefficient (Wildman–Crippen LogP) is 3.35. The minimum Gasteiger partial charge on any atom is -0.306 e. The third kappa shape index (κ3) is 3.22. The number of imidazole rings is 1. The van der Waals surface area contributed by atoms with E-state index in [-0.39, 0.29) is 11.1 Å². The SMILES string of the molecule is Cn1c(=O)[nH]c2ccc(CC(C)(C)Cc3ccc(F)nc3F)cc21. The van der Waals surface area contributed by atoms with Crippen LogP contribution >= 0.6 is 0 Å². The van der Waals surface area contributed by atoms with Crippen LogP contribution in [-0.2, 0) is 19.9 Å². The Bertz CT molecular complexity index is 957. The molecular formula is C18H19F2N3O. The molecule has 126 valence electrons. The van der Waals surface area contributed by atoms with Crippen molar-refractivity contribution in [3.63, 3.8) is 0 Å². The lowest BCUT2D eigenvalue weighted by Crippen LogP contribution is -2.19. The van der Waals surface area contributed by atoms with Crippen molar-refractivity contribution in [1.29, 1.82) is 0 Å². The number of benzene rings is 1. The van der Waals surface area contributed by atoms with Gasteiger partial charge in [-0.15, -0.1) is 0 Å². The highest BCUT2D eigenvalue weighted by atomic mass is 19.1. The van der Waals surface area contributed by atoms with Crippen molar-refractivity contribution in [3.8, 4) is 0 Å². The Morgan fingerprint density at radius 1 is 1.17 bits per heavy atom. The number of rotatable bonds is 4. The van der Waals surface area contributed by atoms with Crippen molar-refractivity contribution in [2.45, 2.75) is 26.7 Å². The number of halogens is 2. The van der Waals surface area contributed by atoms with Crippen LogP contribution in [0.5, 0.6) is 0 Å². The van der Waals surface area contributed by atoms with E-state index in [1.807, 2.05) is 32.0 Å². The Labute approximate surface area is 138 Å². The summed E-state index contributed by atoms with van der Waals surface area (Å²) >= 11 is 0. The normalized spacial score (nSPS) is 12.0. The minimum atomic E-state index is -0.812. The van der Waals surface area contributed by atoms with Gasteiger partial charge in [-0.1, -0.05) is 19.9 Å². The molecule has 0 atom stereocenters. The lowest BCUT2D eigenvalue weighted by molar-refractivity contribution is 0.351. The van der Waals surface area contributed by atoms with Crippen LogP contribution in [0.25, 0.3) is 11.0 Å². The molecule has 0 fully saturated rings. The molecule has 4 nitrogen and oxygen atoms in total. The van der Waals surface area contributed by atoms with Gasteiger partial charge in [-0.2, -0.15) is 13.8 Å². The van der Waals surface area contributed by atoms with Crippen LogP contribution in [0.2, 0.25) is 0 Å². The highest BCUT2D eigenvalue weighted by molar-refractivity contribution is 5.75. The van der Waals surface area contributed by atoms with Crippen LogP contribution in [0.1, 0.15) is 25.0 Å². The van der Waals surface area contributed by atoms with Gasteiger partial charge in [0.25, 0.3) is 0 Å². The number of aryl methyl sites for hydroxylation is 1. The number of pyridine rings is 1. The Morgan fingerprint density at radius 2 is 1.92 bits per heavy atom. The molecule has 6 heteroatoms. The number of hydrogen-bond acceptors (Lipinski definition) is 2. The zero-order chi connectivity index (χ0) is 17.5. The Hall–Kier alpha value is -2.50. The second-order valence-corrected chi connectivity index (χ2v) is 6.94. The summed E-state index contributed by atoms with van der Waals surface area (Å²) in [6, 6.07) is 8.42. The first-order valence-corrected chi connectivity index (χ1v) is 7.74. The average Bonchev–Trinajstić information content (AvgIpc) is 2.77. The fourth-order valence-corrected chi connectivity index (χ4v) is 3.08. The third-order valence-electron chi connectivity index (χ3n) is 4.21. The van der Waals surface area contributed by atoms with E-state index in [1.54, 1.807) is 11.6 Å². The first-order valence-electron chi connectivity index (χ1n) is 7.74. The molecule has 0 aliphatic rings. The van der Waals surface area contributed by atoms with Gasteiger partial charge in [0.15, 0.2) is 0 Å². The van der Waals surface area contributed by atoms with Crippen molar-refractivity contribution >= 4 is 11.0 Å². The molecule has 3 rings (SSSR count). The maximum Gasteiger partial charge on any atom is 0.326 e. The number of aromatic amines is 1. The Morgan fingerprint density at radius 3 is 2.62 bits per heavy atom. The molecule has 0 saturated heterocycles. The highest BCUT2D eigenvalue weighted by Crippen LogP contribution is 2.28. The van der Waals surface area contributed by atoms with Gasteiger partial charge in [0.05, 0.1) is 11.0 Å². The molecule has 1 aromatic carbocycles. The summed E-state index contributed by atoms with van der Waals surface area (Å²) in [5.41, 5.74) is 2.68. The van der Waals surface area contributed by atoms with Crippen LogP contribution in [0.3, 0.4) is 0 Å². The van der Waals surface area contributed by atoms with Crippen molar-refractivity contribution < 1.29 is 8.78 Å². The van der Waals surface area contributed by atoms with Crippen LogP contribution in [0.4, 0.5) is 8.78 Å². The third-order valence-corrected chi connectivity index (χ3v) is 4.21. The van der Waals surface area contributed by atoms with E-state index < -0.39 is 11.9 Å². The first kappa shape index (κ1) is 16.4. The number of hydrogen-bond donors (Lipinski definition) is 1. The van der Waals surface area contributed by atoms with Crippen molar-refractivity contribution in [2.24, 2.45) is 12.5 Å². The number of aromatic nitrogens is 3. The lowest BCUT2D eigenvalue weighted by Gasteiger charge is -2.25. The molecule has 0 bridgehead atoms. The Balaban J connectivity index is 1.85. The Kier molecular flexibility index (Phi) is 3.99. The fourth-order valence-electron chi connectivity index (χ4n) is 3.08. The maximum atomic E-state index is 13.8. The molecular weight excluding hydrogens is 312 g/mol. The molecule has 0 radical (unpaired) electrons. The summed E-state index contributed by atoms with van der Waals surface area (Å²) in [6.07, 6.45) is 1.13. The quantitative estimate of drug-likeness (QED) is 0.745. The molecule has 0 amide bonds. The molecule has 0 aliphatic carbocycles. The van der Waals surface area contributed by atoms with E-state index in [0.717, 1.165) is 16.6 Å². The monoisotopic (exact) mass is 331 g/mol. The smallest absolute Gasteiger partial charge is 0.306 e. The summed E-state index contributed by atoms with van der Waals surface area (Å²) < 4.78 is 28.3. The molecule has 0 aliphatic heterocycles. The van der Waals surface area contributed by atoms with Crippen molar-refractivity contribution in [2.75, 3.05) is 0 Å². The van der Waals surface area contributed by atoms with Gasteiger partial charge in [0.1, 0.15) is 0 Å². The standard InChI is InChI=1S/C18H19F2N3O/c1-18(2,10-12-5-7-15(19)22-16(12)20)9-11-4-6-13-14(8-11)23(3)17(24)21-13/h4-8H,9-10H2,1-3H3,(H,21,24). The van der Waals surface area contributed by atoms with E-state index in [9.17, 15) is 13.6 Å². The number of nitrogens with zero attached hydrogens (tertiary/aromatic N) is 2. The van der Waals surface area contributed by atoms with Gasteiger partial charge in [-0.3, -0.25) is 4.57 Å². The van der Waals surface area contributed by atoms with Crippen LogP contribution < -0.4 is 5.69 Å². The highest BCUT2D eigenvalue weighted by Gasteiger charge is 2.22. The summed E-state index contributed by atoms with van der Waals surface area (Å²) in [7, 11) is 1.72. The van der Waals surface area contributed by atoms with Crippen molar-refractivity contribution in [3.05, 3.63) is 63.8 Å². The fraction of sp³-hybridized carbons (Fsp3) is 0.333. The van der Waals surface area contributed by atoms with Gasteiger partial charge in [0, 0.05) is 12.6 Å². The number of fused-ring (bicyclic) bond motifs is 1. The average molecular weight is 331 g/mol. The molecule has 0 saturated carbocycles. The van der Waals surface area contributed by atoms with E-state index in [1.165, 1.54) is 12.1 Å². The zero-order valence-electron chi connectivity index (χ0n) is 13.9. The van der Waals surface area contributed by atoms with Crippen molar-refractivity contribution in [1.82, 2.24) is 14.5 Å². The van der Waals surface area contributed by atoms with Crippen LogP contribution in [0.15, 0.2) is 35.1 Å². The molecule has 1 N–H and O–H groups in total. The second kappa shape index (κ2) is 5.85.